The first kappa shape index (κ1) is 24.9. The maximum Gasteiger partial charge on any atom is 0.416 e. The van der Waals surface area contributed by atoms with Crippen LogP contribution in [0.3, 0.4) is 0 Å². The van der Waals surface area contributed by atoms with E-state index in [0.29, 0.717) is 34.4 Å². The van der Waals surface area contributed by atoms with Crippen molar-refractivity contribution in [3.8, 4) is 11.1 Å². The van der Waals surface area contributed by atoms with Gasteiger partial charge in [-0.25, -0.2) is 0 Å². The molecule has 0 bridgehead atoms. The molecule has 3 N–H and O–H groups in total. The molecule has 6 heteroatoms. The molecular weight excluding hydrogens is 461 g/mol. The summed E-state index contributed by atoms with van der Waals surface area (Å²) in [5, 5.41) is 0. The minimum atomic E-state index is -4.47. The molecular formula is C30H25F3N2O. The van der Waals surface area contributed by atoms with E-state index in [1.54, 1.807) is 19.1 Å². The lowest BCUT2D eigenvalue weighted by Gasteiger charge is -2.15. The minimum absolute atomic E-state index is 0.345. The van der Waals surface area contributed by atoms with Crippen molar-refractivity contribution in [2.24, 2.45) is 5.73 Å². The van der Waals surface area contributed by atoms with Crippen molar-refractivity contribution in [2.75, 3.05) is 0 Å². The van der Waals surface area contributed by atoms with E-state index >= 15 is 0 Å². The highest BCUT2D eigenvalue weighted by atomic mass is 19.4. The molecule has 4 rings (SSSR count). The summed E-state index contributed by atoms with van der Waals surface area (Å²) in [6, 6.07) is 22.3. The third-order valence-electron chi connectivity index (χ3n) is 6.14. The molecule has 0 radical (unpaired) electrons. The zero-order valence-corrected chi connectivity index (χ0v) is 19.7. The first-order chi connectivity index (χ1) is 17.2. The van der Waals surface area contributed by atoms with Gasteiger partial charge in [0.15, 0.2) is 0 Å². The van der Waals surface area contributed by atoms with Crippen LogP contribution in [-0.2, 0) is 12.7 Å². The Hall–Kier alpha value is -4.16. The molecule has 4 aromatic rings. The Bertz CT molecular complexity index is 1480. The van der Waals surface area contributed by atoms with Crippen molar-refractivity contribution in [3.63, 3.8) is 0 Å². The molecule has 1 heterocycles. The van der Waals surface area contributed by atoms with Gasteiger partial charge in [-0.3, -0.25) is 4.79 Å². The van der Waals surface area contributed by atoms with Crippen LogP contribution in [0.1, 0.15) is 33.4 Å². The van der Waals surface area contributed by atoms with Crippen LogP contribution in [0, 0.1) is 6.92 Å². The highest BCUT2D eigenvalue weighted by Gasteiger charge is 2.30. The summed E-state index contributed by atoms with van der Waals surface area (Å²) in [5.74, 6) is 0. The second-order valence-electron chi connectivity index (χ2n) is 8.45. The summed E-state index contributed by atoms with van der Waals surface area (Å²) in [6.07, 6.45) is -1.26. The molecule has 0 fully saturated rings. The van der Waals surface area contributed by atoms with Crippen LogP contribution in [0.5, 0.6) is 0 Å². The largest absolute Gasteiger partial charge is 0.416 e. The molecule has 3 aromatic carbocycles. The first-order valence-corrected chi connectivity index (χ1v) is 11.3. The van der Waals surface area contributed by atoms with Gasteiger partial charge >= 0.3 is 6.18 Å². The number of nitrogens with one attached hydrogen (secondary N) is 1. The maximum absolute atomic E-state index is 13.3. The number of H-pyrrole nitrogens is 1. The van der Waals surface area contributed by atoms with Gasteiger partial charge in [0.25, 0.3) is 5.56 Å². The van der Waals surface area contributed by atoms with E-state index < -0.39 is 11.7 Å². The fraction of sp³-hybridized carbons (Fsp3) is 0.100. The second kappa shape index (κ2) is 10.2. The third-order valence-corrected chi connectivity index (χ3v) is 6.14. The van der Waals surface area contributed by atoms with Crippen molar-refractivity contribution < 1.29 is 13.2 Å². The van der Waals surface area contributed by atoms with Gasteiger partial charge in [-0.1, -0.05) is 73.3 Å². The normalized spacial score (nSPS) is 12.0. The Balaban J connectivity index is 1.87. The molecule has 0 aliphatic carbocycles. The molecule has 0 spiro atoms. The molecule has 0 amide bonds. The lowest BCUT2D eigenvalue weighted by Crippen LogP contribution is -2.12. The number of halogens is 3. The van der Waals surface area contributed by atoms with Gasteiger partial charge in [-0.05, 0) is 64.1 Å². The molecule has 0 saturated carbocycles. The maximum atomic E-state index is 13.3. The number of aromatic nitrogens is 1. The van der Waals surface area contributed by atoms with Gasteiger partial charge in [-0.2, -0.15) is 13.2 Å². The average Bonchev–Trinajstić information content (AvgIpc) is 2.88. The van der Waals surface area contributed by atoms with Gasteiger partial charge in [0.1, 0.15) is 0 Å². The smallest absolute Gasteiger partial charge is 0.328 e. The molecule has 182 valence electrons. The van der Waals surface area contributed by atoms with Crippen molar-refractivity contribution in [1.82, 2.24) is 4.98 Å². The molecule has 0 saturated heterocycles. The SMILES string of the molecule is C=C(/C(=C\c1c(C)c(-c2cccc(C(F)(F)F)c2)c[nH]c1=O)c1ccccc1)c1ccc(CN)cc1. The fourth-order valence-corrected chi connectivity index (χ4v) is 4.08. The summed E-state index contributed by atoms with van der Waals surface area (Å²) in [6.45, 7) is 6.45. The molecule has 3 nitrogen and oxygen atoms in total. The van der Waals surface area contributed by atoms with Gasteiger partial charge in [-0.15, -0.1) is 0 Å². The average molecular weight is 487 g/mol. The standard InChI is InChI=1S/C30H25F3N2O/c1-19(22-13-11-21(17-34)12-14-22)26(23-7-4-3-5-8-23)16-27-20(2)28(18-35-29(27)36)24-9-6-10-25(15-24)30(31,32)33/h3-16,18H,1,17,34H2,2H3,(H,35,36)/b26-16+. The fourth-order valence-electron chi connectivity index (χ4n) is 4.08. The Labute approximate surface area is 207 Å². The quantitative estimate of drug-likeness (QED) is 0.286. The topological polar surface area (TPSA) is 58.9 Å². The number of alkyl halides is 3. The van der Waals surface area contributed by atoms with E-state index in [-0.39, 0.29) is 5.56 Å². The van der Waals surface area contributed by atoms with Crippen molar-refractivity contribution in [2.45, 2.75) is 19.6 Å². The number of allylic oxidation sites excluding steroid dienone is 2. The third kappa shape index (κ3) is 5.24. The number of hydrogen-bond acceptors (Lipinski definition) is 2. The molecule has 0 aliphatic heterocycles. The number of aromatic amines is 1. The predicted octanol–water partition coefficient (Wildman–Crippen LogP) is 7.08. The van der Waals surface area contributed by atoms with Crippen LogP contribution in [0.25, 0.3) is 28.3 Å². The number of benzene rings is 3. The summed E-state index contributed by atoms with van der Waals surface area (Å²) in [5.41, 5.74) is 10.6. The zero-order valence-electron chi connectivity index (χ0n) is 19.7. The van der Waals surface area contributed by atoms with Gasteiger partial charge in [0.05, 0.1) is 5.56 Å². The Morgan fingerprint density at radius 2 is 1.67 bits per heavy atom. The Morgan fingerprint density at radius 3 is 2.31 bits per heavy atom. The molecule has 0 aliphatic rings. The van der Waals surface area contributed by atoms with Crippen LogP contribution < -0.4 is 11.3 Å². The Kier molecular flexibility index (Phi) is 7.08. The van der Waals surface area contributed by atoms with Crippen molar-refractivity contribution >= 4 is 17.2 Å². The van der Waals surface area contributed by atoms with Gasteiger partial charge in [0.2, 0.25) is 0 Å². The van der Waals surface area contributed by atoms with E-state index in [0.717, 1.165) is 34.4 Å². The summed E-state index contributed by atoms with van der Waals surface area (Å²) in [7, 11) is 0. The lowest BCUT2D eigenvalue weighted by molar-refractivity contribution is -0.137. The molecule has 36 heavy (non-hydrogen) atoms. The minimum Gasteiger partial charge on any atom is -0.328 e. The number of rotatable bonds is 6. The van der Waals surface area contributed by atoms with E-state index in [9.17, 15) is 18.0 Å². The second-order valence-corrected chi connectivity index (χ2v) is 8.45. The summed E-state index contributed by atoms with van der Waals surface area (Å²) in [4.78, 5) is 15.6. The summed E-state index contributed by atoms with van der Waals surface area (Å²) < 4.78 is 39.9. The zero-order chi connectivity index (χ0) is 25.9. The molecule has 1 aromatic heterocycles. The van der Waals surface area contributed by atoms with E-state index in [1.165, 1.54) is 12.3 Å². The van der Waals surface area contributed by atoms with E-state index in [4.69, 9.17) is 5.73 Å². The van der Waals surface area contributed by atoms with Crippen LogP contribution in [-0.4, -0.2) is 4.98 Å². The van der Waals surface area contributed by atoms with Crippen molar-refractivity contribution in [3.05, 3.63) is 135 Å². The van der Waals surface area contributed by atoms with Gasteiger partial charge in [0, 0.05) is 23.9 Å². The monoisotopic (exact) mass is 486 g/mol. The first-order valence-electron chi connectivity index (χ1n) is 11.3. The van der Waals surface area contributed by atoms with Crippen LogP contribution in [0.2, 0.25) is 0 Å². The highest BCUT2D eigenvalue weighted by molar-refractivity contribution is 6.10. The van der Waals surface area contributed by atoms with E-state index in [1.807, 2.05) is 54.6 Å². The molecule has 0 atom stereocenters. The van der Waals surface area contributed by atoms with Gasteiger partial charge < -0.3 is 10.7 Å². The number of nitrogens with two attached hydrogens (primary N) is 1. The Morgan fingerprint density at radius 1 is 0.972 bits per heavy atom. The lowest BCUT2D eigenvalue weighted by atomic mass is 9.90. The van der Waals surface area contributed by atoms with Crippen molar-refractivity contribution in [1.29, 1.82) is 0 Å². The van der Waals surface area contributed by atoms with Crippen LogP contribution in [0.4, 0.5) is 13.2 Å². The number of pyridine rings is 1. The van der Waals surface area contributed by atoms with E-state index in [2.05, 4.69) is 11.6 Å². The number of hydrogen-bond donors (Lipinski definition) is 2. The highest BCUT2D eigenvalue weighted by Crippen LogP contribution is 2.35. The van der Waals surface area contributed by atoms with Crippen LogP contribution >= 0.6 is 0 Å². The molecule has 0 unspecified atom stereocenters. The predicted molar refractivity (Wildman–Crippen MR) is 140 cm³/mol. The summed E-state index contributed by atoms with van der Waals surface area (Å²) >= 11 is 0. The van der Waals surface area contributed by atoms with Crippen LogP contribution in [0.15, 0.2) is 96.4 Å².